The molecule has 2 N–H and O–H groups in total. The Morgan fingerprint density at radius 3 is 2.47 bits per heavy atom. The Balaban J connectivity index is 1.97. The van der Waals surface area contributed by atoms with Crippen molar-refractivity contribution in [3.05, 3.63) is 58.0 Å². The van der Waals surface area contributed by atoms with Crippen molar-refractivity contribution in [1.82, 2.24) is 0 Å². The van der Waals surface area contributed by atoms with Gasteiger partial charge in [-0.1, -0.05) is 18.2 Å². The van der Waals surface area contributed by atoms with Crippen LogP contribution < -0.4 is 5.73 Å². The zero-order valence-corrected chi connectivity index (χ0v) is 10.4. The first kappa shape index (κ1) is 12.3. The fraction of sp³-hybridized carbons (Fsp3) is 0.286. The fourth-order valence-electron chi connectivity index (χ4n) is 1.91. The molecule has 1 aromatic carbocycles. The van der Waals surface area contributed by atoms with Gasteiger partial charge in [0.05, 0.1) is 0 Å². The second-order valence-corrected chi connectivity index (χ2v) is 5.25. The minimum atomic E-state index is -0.184. The van der Waals surface area contributed by atoms with Crippen LogP contribution >= 0.6 is 11.3 Å². The average molecular weight is 249 g/mol. The van der Waals surface area contributed by atoms with Crippen LogP contribution in [0.15, 0.2) is 41.8 Å². The van der Waals surface area contributed by atoms with E-state index in [1.807, 2.05) is 12.1 Å². The van der Waals surface area contributed by atoms with Gasteiger partial charge in [0.15, 0.2) is 0 Å². The van der Waals surface area contributed by atoms with Crippen molar-refractivity contribution in [2.45, 2.75) is 12.8 Å². The van der Waals surface area contributed by atoms with Crippen molar-refractivity contribution in [3.8, 4) is 0 Å². The molecule has 90 valence electrons. The lowest BCUT2D eigenvalue weighted by molar-refractivity contribution is 0.536. The molecule has 0 bridgehead atoms. The molecule has 0 aliphatic carbocycles. The Morgan fingerprint density at radius 1 is 1.12 bits per heavy atom. The zero-order chi connectivity index (χ0) is 12.1. The molecule has 2 aromatic rings. The van der Waals surface area contributed by atoms with E-state index in [1.54, 1.807) is 11.3 Å². The Labute approximate surface area is 105 Å². The maximum absolute atomic E-state index is 12.8. The Hall–Kier alpha value is -1.19. The number of halogens is 1. The normalized spacial score (nSPS) is 12.6. The van der Waals surface area contributed by atoms with E-state index >= 15 is 0 Å². The van der Waals surface area contributed by atoms with Crippen LogP contribution in [0.2, 0.25) is 0 Å². The molecule has 1 heterocycles. The largest absolute Gasteiger partial charge is 0.330 e. The molecule has 0 fully saturated rings. The SMILES string of the molecule is NCC(Cc1ccc(F)cc1)Cc1cccs1. The van der Waals surface area contributed by atoms with Crippen LogP contribution in [0.5, 0.6) is 0 Å². The monoisotopic (exact) mass is 249 g/mol. The first-order valence-electron chi connectivity index (χ1n) is 5.75. The van der Waals surface area contributed by atoms with Gasteiger partial charge in [-0.25, -0.2) is 4.39 Å². The number of hydrogen-bond acceptors (Lipinski definition) is 2. The van der Waals surface area contributed by atoms with E-state index in [4.69, 9.17) is 5.73 Å². The molecule has 17 heavy (non-hydrogen) atoms. The Bertz CT molecular complexity index is 436. The fourth-order valence-corrected chi connectivity index (χ4v) is 2.73. The molecule has 0 aliphatic rings. The topological polar surface area (TPSA) is 26.0 Å². The Kier molecular flexibility index (Phi) is 4.29. The third-order valence-corrected chi connectivity index (χ3v) is 3.74. The van der Waals surface area contributed by atoms with Crippen molar-refractivity contribution in [2.24, 2.45) is 11.7 Å². The molecule has 3 heteroatoms. The minimum absolute atomic E-state index is 0.184. The summed E-state index contributed by atoms with van der Waals surface area (Å²) in [5, 5.41) is 2.08. The third-order valence-electron chi connectivity index (χ3n) is 2.84. The summed E-state index contributed by atoms with van der Waals surface area (Å²) in [4.78, 5) is 1.36. The molecule has 1 atom stereocenters. The molecule has 0 radical (unpaired) electrons. The highest BCUT2D eigenvalue weighted by Gasteiger charge is 2.09. The van der Waals surface area contributed by atoms with Crippen LogP contribution in [0.25, 0.3) is 0 Å². The highest BCUT2D eigenvalue weighted by molar-refractivity contribution is 7.09. The summed E-state index contributed by atoms with van der Waals surface area (Å²) in [7, 11) is 0. The molecule has 0 saturated carbocycles. The Morgan fingerprint density at radius 2 is 1.88 bits per heavy atom. The summed E-state index contributed by atoms with van der Waals surface area (Å²) < 4.78 is 12.8. The van der Waals surface area contributed by atoms with Crippen molar-refractivity contribution in [3.63, 3.8) is 0 Å². The standard InChI is InChI=1S/C14H16FNS/c15-13-5-3-11(4-6-13)8-12(10-16)9-14-2-1-7-17-14/h1-7,12H,8-10,16H2. The van der Waals surface area contributed by atoms with Crippen LogP contribution in [0.3, 0.4) is 0 Å². The van der Waals surface area contributed by atoms with Crippen LogP contribution in [-0.4, -0.2) is 6.54 Å². The van der Waals surface area contributed by atoms with Gasteiger partial charge in [0.2, 0.25) is 0 Å². The molecule has 0 aliphatic heterocycles. The second kappa shape index (κ2) is 5.94. The number of rotatable bonds is 5. The highest BCUT2D eigenvalue weighted by atomic mass is 32.1. The first-order valence-corrected chi connectivity index (χ1v) is 6.63. The smallest absolute Gasteiger partial charge is 0.123 e. The molecule has 1 unspecified atom stereocenters. The van der Waals surface area contributed by atoms with E-state index < -0.39 is 0 Å². The van der Waals surface area contributed by atoms with E-state index in [9.17, 15) is 4.39 Å². The molecular weight excluding hydrogens is 233 g/mol. The second-order valence-electron chi connectivity index (χ2n) is 4.22. The maximum atomic E-state index is 12.8. The van der Waals surface area contributed by atoms with Crippen LogP contribution in [-0.2, 0) is 12.8 Å². The molecule has 0 amide bonds. The van der Waals surface area contributed by atoms with Gasteiger partial charge in [-0.15, -0.1) is 11.3 Å². The van der Waals surface area contributed by atoms with E-state index in [1.165, 1.54) is 17.0 Å². The lowest BCUT2D eigenvalue weighted by Gasteiger charge is -2.13. The molecule has 1 nitrogen and oxygen atoms in total. The quantitative estimate of drug-likeness (QED) is 0.865. The predicted octanol–water partition coefficient (Wildman–Crippen LogP) is 3.25. The van der Waals surface area contributed by atoms with Gasteiger partial charge < -0.3 is 5.73 Å². The third kappa shape index (κ3) is 3.65. The van der Waals surface area contributed by atoms with Gasteiger partial charge in [-0.3, -0.25) is 0 Å². The zero-order valence-electron chi connectivity index (χ0n) is 9.60. The maximum Gasteiger partial charge on any atom is 0.123 e. The molecular formula is C14H16FNS. The summed E-state index contributed by atoms with van der Waals surface area (Å²) in [5.74, 6) is 0.246. The van der Waals surface area contributed by atoms with Crippen molar-refractivity contribution in [2.75, 3.05) is 6.54 Å². The van der Waals surface area contributed by atoms with Crippen molar-refractivity contribution >= 4 is 11.3 Å². The van der Waals surface area contributed by atoms with Gasteiger partial charge in [0.1, 0.15) is 5.82 Å². The average Bonchev–Trinajstić information content (AvgIpc) is 2.84. The summed E-state index contributed by atoms with van der Waals surface area (Å²) in [6.45, 7) is 0.662. The minimum Gasteiger partial charge on any atom is -0.330 e. The van der Waals surface area contributed by atoms with Gasteiger partial charge in [-0.2, -0.15) is 0 Å². The van der Waals surface area contributed by atoms with Gasteiger partial charge in [0.25, 0.3) is 0 Å². The van der Waals surface area contributed by atoms with Crippen LogP contribution in [0.4, 0.5) is 4.39 Å². The van der Waals surface area contributed by atoms with Gasteiger partial charge in [0, 0.05) is 4.88 Å². The number of thiophene rings is 1. The van der Waals surface area contributed by atoms with Crippen LogP contribution in [0, 0.1) is 11.7 Å². The number of nitrogens with two attached hydrogens (primary N) is 1. The van der Waals surface area contributed by atoms with E-state index in [0.717, 1.165) is 18.4 Å². The molecule has 0 spiro atoms. The van der Waals surface area contributed by atoms with E-state index in [2.05, 4.69) is 17.5 Å². The lowest BCUT2D eigenvalue weighted by atomic mass is 9.95. The van der Waals surface area contributed by atoms with Crippen molar-refractivity contribution < 1.29 is 4.39 Å². The van der Waals surface area contributed by atoms with E-state index in [0.29, 0.717) is 12.5 Å². The highest BCUT2D eigenvalue weighted by Crippen LogP contribution is 2.17. The van der Waals surface area contributed by atoms with E-state index in [-0.39, 0.29) is 5.82 Å². The van der Waals surface area contributed by atoms with Gasteiger partial charge >= 0.3 is 0 Å². The first-order chi connectivity index (χ1) is 8.28. The molecule has 1 aromatic heterocycles. The molecule has 0 saturated heterocycles. The lowest BCUT2D eigenvalue weighted by Crippen LogP contribution is -2.18. The van der Waals surface area contributed by atoms with Crippen molar-refractivity contribution in [1.29, 1.82) is 0 Å². The number of hydrogen-bond donors (Lipinski definition) is 1. The van der Waals surface area contributed by atoms with Gasteiger partial charge in [-0.05, 0) is 54.4 Å². The summed E-state index contributed by atoms with van der Waals surface area (Å²) >= 11 is 1.76. The number of benzene rings is 1. The summed E-state index contributed by atoms with van der Waals surface area (Å²) in [6, 6.07) is 10.9. The summed E-state index contributed by atoms with van der Waals surface area (Å²) in [5.41, 5.74) is 6.95. The molecule has 2 rings (SSSR count). The predicted molar refractivity (Wildman–Crippen MR) is 70.7 cm³/mol. The van der Waals surface area contributed by atoms with Crippen LogP contribution in [0.1, 0.15) is 10.4 Å². The summed E-state index contributed by atoms with van der Waals surface area (Å²) in [6.07, 6.45) is 1.92.